The molecule has 0 saturated carbocycles. The Morgan fingerprint density at radius 3 is 2.67 bits per heavy atom. The van der Waals surface area contributed by atoms with Crippen molar-refractivity contribution in [2.75, 3.05) is 51.0 Å². The van der Waals surface area contributed by atoms with E-state index in [1.165, 1.54) is 24.6 Å². The first-order valence-corrected chi connectivity index (χ1v) is 5.57. The molecular weight excluding hydrogens is 174 g/mol. The van der Waals surface area contributed by atoms with E-state index in [0.717, 1.165) is 13.2 Å². The van der Waals surface area contributed by atoms with Crippen molar-refractivity contribution >= 4 is 11.8 Å². The molecule has 12 heavy (non-hydrogen) atoms. The molecule has 0 radical (unpaired) electrons. The zero-order valence-electron chi connectivity index (χ0n) is 7.37. The van der Waals surface area contributed by atoms with Gasteiger partial charge in [-0.05, 0) is 0 Å². The number of rotatable bonds is 5. The Morgan fingerprint density at radius 1 is 1.25 bits per heavy atom. The lowest BCUT2D eigenvalue weighted by Gasteiger charge is -2.25. The van der Waals surface area contributed by atoms with Crippen LogP contribution >= 0.6 is 11.8 Å². The summed E-state index contributed by atoms with van der Waals surface area (Å²) in [6.07, 6.45) is 0. The van der Waals surface area contributed by atoms with Crippen LogP contribution in [0.15, 0.2) is 0 Å². The first kappa shape index (κ1) is 10.3. The maximum atomic E-state index is 8.46. The van der Waals surface area contributed by atoms with Crippen LogP contribution in [0.3, 0.4) is 0 Å². The Morgan fingerprint density at radius 2 is 2.00 bits per heavy atom. The van der Waals surface area contributed by atoms with Gasteiger partial charge in [0.1, 0.15) is 0 Å². The minimum Gasteiger partial charge on any atom is -0.394 e. The van der Waals surface area contributed by atoms with Gasteiger partial charge in [0.2, 0.25) is 0 Å². The number of hydrogen-bond donors (Lipinski definition) is 1. The quantitative estimate of drug-likeness (QED) is 0.622. The second-order valence-electron chi connectivity index (χ2n) is 2.79. The third-order valence-corrected chi connectivity index (χ3v) is 2.83. The molecule has 0 atom stereocenters. The second kappa shape index (κ2) is 6.71. The van der Waals surface area contributed by atoms with E-state index in [1.807, 2.05) is 11.8 Å². The van der Waals surface area contributed by atoms with Crippen LogP contribution < -0.4 is 0 Å². The summed E-state index contributed by atoms with van der Waals surface area (Å²) in [5.74, 6) is 2.50. The lowest BCUT2D eigenvalue weighted by Crippen LogP contribution is -2.35. The molecule has 1 aliphatic heterocycles. The number of aliphatic hydroxyl groups is 1. The fraction of sp³-hybridized carbons (Fsp3) is 1.00. The first-order valence-electron chi connectivity index (χ1n) is 4.42. The highest BCUT2D eigenvalue weighted by Gasteiger charge is 2.08. The summed E-state index contributed by atoms with van der Waals surface area (Å²) in [5, 5.41) is 8.46. The molecule has 0 aromatic carbocycles. The molecule has 1 rings (SSSR count). The molecule has 0 aliphatic carbocycles. The molecule has 1 heterocycles. The normalized spacial score (nSPS) is 19.8. The summed E-state index contributed by atoms with van der Waals surface area (Å²) in [4.78, 5) is 2.41. The highest BCUT2D eigenvalue weighted by Crippen LogP contribution is 2.08. The average molecular weight is 191 g/mol. The van der Waals surface area contributed by atoms with Crippen molar-refractivity contribution in [2.24, 2.45) is 0 Å². The minimum atomic E-state index is 0.135. The van der Waals surface area contributed by atoms with E-state index in [4.69, 9.17) is 9.84 Å². The van der Waals surface area contributed by atoms with Crippen LogP contribution in [-0.2, 0) is 4.74 Å². The van der Waals surface area contributed by atoms with Crippen molar-refractivity contribution in [3.05, 3.63) is 0 Å². The number of nitrogens with zero attached hydrogens (tertiary/aromatic N) is 1. The second-order valence-corrected chi connectivity index (χ2v) is 4.01. The van der Waals surface area contributed by atoms with Crippen molar-refractivity contribution in [3.8, 4) is 0 Å². The number of thioether (sulfide) groups is 1. The van der Waals surface area contributed by atoms with Crippen LogP contribution in [0.4, 0.5) is 0 Å². The van der Waals surface area contributed by atoms with Gasteiger partial charge in [-0.15, -0.1) is 0 Å². The fourth-order valence-electron chi connectivity index (χ4n) is 1.19. The van der Waals surface area contributed by atoms with Crippen molar-refractivity contribution in [2.45, 2.75) is 0 Å². The molecule has 3 nitrogen and oxygen atoms in total. The molecule has 1 N–H and O–H groups in total. The van der Waals surface area contributed by atoms with Crippen molar-refractivity contribution < 1.29 is 9.84 Å². The summed E-state index contributed by atoms with van der Waals surface area (Å²) < 4.78 is 5.19. The van der Waals surface area contributed by atoms with Crippen LogP contribution in [0.1, 0.15) is 0 Å². The van der Waals surface area contributed by atoms with E-state index in [-0.39, 0.29) is 6.61 Å². The van der Waals surface area contributed by atoms with Crippen molar-refractivity contribution in [1.82, 2.24) is 4.90 Å². The number of aliphatic hydroxyl groups excluding tert-OH is 1. The zero-order chi connectivity index (χ0) is 8.65. The number of hydrogen-bond acceptors (Lipinski definition) is 4. The topological polar surface area (TPSA) is 32.7 Å². The standard InChI is InChI=1S/C8H17NO2S/c10-4-6-11-5-1-9-2-7-12-8-3-9/h10H,1-8H2. The minimum absolute atomic E-state index is 0.135. The third kappa shape index (κ3) is 4.30. The Kier molecular flexibility index (Phi) is 5.77. The zero-order valence-corrected chi connectivity index (χ0v) is 8.18. The molecule has 72 valence electrons. The molecule has 1 aliphatic rings. The molecule has 4 heteroatoms. The Bertz CT molecular complexity index is 107. The molecule has 0 amide bonds. The lowest BCUT2D eigenvalue weighted by atomic mass is 10.5. The molecule has 0 aromatic rings. The molecule has 1 saturated heterocycles. The van der Waals surface area contributed by atoms with Crippen LogP contribution in [-0.4, -0.2) is 61.0 Å². The largest absolute Gasteiger partial charge is 0.394 e. The van der Waals surface area contributed by atoms with E-state index < -0.39 is 0 Å². The van der Waals surface area contributed by atoms with Gasteiger partial charge >= 0.3 is 0 Å². The van der Waals surface area contributed by atoms with Crippen LogP contribution in [0.5, 0.6) is 0 Å². The van der Waals surface area contributed by atoms with E-state index in [9.17, 15) is 0 Å². The van der Waals surface area contributed by atoms with Crippen LogP contribution in [0, 0.1) is 0 Å². The Hall–Kier alpha value is 0.230. The Balaban J connectivity index is 1.91. The van der Waals surface area contributed by atoms with Gasteiger partial charge in [-0.3, -0.25) is 4.90 Å². The third-order valence-electron chi connectivity index (χ3n) is 1.89. The van der Waals surface area contributed by atoms with Gasteiger partial charge in [0.25, 0.3) is 0 Å². The first-order chi connectivity index (χ1) is 5.93. The highest BCUT2D eigenvalue weighted by molar-refractivity contribution is 7.99. The fourth-order valence-corrected chi connectivity index (χ4v) is 2.16. The smallest absolute Gasteiger partial charge is 0.0698 e. The van der Waals surface area contributed by atoms with Gasteiger partial charge in [0.05, 0.1) is 19.8 Å². The predicted octanol–water partition coefficient (Wildman–Crippen LogP) is 0.0441. The summed E-state index contributed by atoms with van der Waals surface area (Å²) in [6, 6.07) is 0. The molecule has 0 aromatic heterocycles. The monoisotopic (exact) mass is 191 g/mol. The number of ether oxygens (including phenoxy) is 1. The van der Waals surface area contributed by atoms with Gasteiger partial charge in [-0.1, -0.05) is 0 Å². The predicted molar refractivity (Wildman–Crippen MR) is 51.7 cm³/mol. The summed E-state index contributed by atoms with van der Waals surface area (Å²) in [5.41, 5.74) is 0. The van der Waals surface area contributed by atoms with Gasteiger partial charge < -0.3 is 9.84 Å². The van der Waals surface area contributed by atoms with Gasteiger partial charge in [-0.25, -0.2) is 0 Å². The maximum absolute atomic E-state index is 8.46. The molecule has 0 spiro atoms. The highest BCUT2D eigenvalue weighted by atomic mass is 32.2. The molecule has 0 unspecified atom stereocenters. The lowest BCUT2D eigenvalue weighted by molar-refractivity contribution is 0.0756. The van der Waals surface area contributed by atoms with Crippen LogP contribution in [0.25, 0.3) is 0 Å². The summed E-state index contributed by atoms with van der Waals surface area (Å²) >= 11 is 2.02. The molecule has 1 fully saturated rings. The SMILES string of the molecule is OCCOCCN1CCSCC1. The summed E-state index contributed by atoms with van der Waals surface area (Å²) in [6.45, 7) is 4.75. The van der Waals surface area contributed by atoms with Crippen molar-refractivity contribution in [3.63, 3.8) is 0 Å². The van der Waals surface area contributed by atoms with Gasteiger partial charge in [0.15, 0.2) is 0 Å². The Labute approximate surface area is 78.1 Å². The van der Waals surface area contributed by atoms with E-state index in [1.54, 1.807) is 0 Å². The molecule has 0 bridgehead atoms. The van der Waals surface area contributed by atoms with E-state index >= 15 is 0 Å². The summed E-state index contributed by atoms with van der Waals surface area (Å²) in [7, 11) is 0. The van der Waals surface area contributed by atoms with E-state index in [0.29, 0.717) is 6.61 Å². The van der Waals surface area contributed by atoms with Gasteiger partial charge in [-0.2, -0.15) is 11.8 Å². The average Bonchev–Trinajstić information content (AvgIpc) is 2.14. The van der Waals surface area contributed by atoms with Crippen molar-refractivity contribution in [1.29, 1.82) is 0 Å². The van der Waals surface area contributed by atoms with Gasteiger partial charge in [0, 0.05) is 31.1 Å². The maximum Gasteiger partial charge on any atom is 0.0698 e. The van der Waals surface area contributed by atoms with Crippen LogP contribution in [0.2, 0.25) is 0 Å². The van der Waals surface area contributed by atoms with E-state index in [2.05, 4.69) is 4.90 Å². The molecular formula is C8H17NO2S.